The Morgan fingerprint density at radius 1 is 1.65 bits per heavy atom. The van der Waals surface area contributed by atoms with Crippen LogP contribution in [0.4, 0.5) is 4.79 Å². The minimum atomic E-state index is -0.783. The third kappa shape index (κ3) is 4.35. The minimum Gasteiger partial charge on any atom is -0.481 e. The van der Waals surface area contributed by atoms with Crippen LogP contribution in [0.15, 0.2) is 0 Å². The highest BCUT2D eigenvalue weighted by molar-refractivity contribution is 5.75. The average Bonchev–Trinajstić information content (AvgIpc) is 2.74. The SMILES string of the molecule is C#CC(C)NC(=O)N1CCC(CCC(=O)O)C1. The number of nitrogens with one attached hydrogen (secondary N) is 1. The number of urea groups is 1. The number of hydrogen-bond donors (Lipinski definition) is 2. The van der Waals surface area contributed by atoms with Gasteiger partial charge in [-0.25, -0.2) is 4.79 Å². The highest BCUT2D eigenvalue weighted by atomic mass is 16.4. The van der Waals surface area contributed by atoms with E-state index in [1.165, 1.54) is 0 Å². The Morgan fingerprint density at radius 2 is 2.35 bits per heavy atom. The molecule has 0 spiro atoms. The molecule has 0 bridgehead atoms. The molecule has 0 saturated carbocycles. The molecule has 2 amide bonds. The molecule has 0 aliphatic carbocycles. The molecule has 1 saturated heterocycles. The molecule has 94 valence electrons. The van der Waals surface area contributed by atoms with Gasteiger partial charge in [-0.3, -0.25) is 4.79 Å². The van der Waals surface area contributed by atoms with E-state index in [9.17, 15) is 9.59 Å². The average molecular weight is 238 g/mol. The molecular formula is C12H18N2O3. The van der Waals surface area contributed by atoms with E-state index >= 15 is 0 Å². The van der Waals surface area contributed by atoms with Crippen LogP contribution in [0.25, 0.3) is 0 Å². The van der Waals surface area contributed by atoms with E-state index in [-0.39, 0.29) is 24.4 Å². The number of carboxylic acid groups (broad SMARTS) is 1. The van der Waals surface area contributed by atoms with Gasteiger partial charge in [0.05, 0.1) is 6.04 Å². The number of carbonyl (C=O) groups excluding carboxylic acids is 1. The van der Waals surface area contributed by atoms with Crippen LogP contribution in [0, 0.1) is 18.3 Å². The topological polar surface area (TPSA) is 69.6 Å². The van der Waals surface area contributed by atoms with Crippen molar-refractivity contribution in [1.29, 1.82) is 0 Å². The third-order valence-corrected chi connectivity index (χ3v) is 2.93. The molecule has 2 N–H and O–H groups in total. The number of likely N-dealkylation sites (tertiary alicyclic amines) is 1. The number of rotatable bonds is 4. The molecule has 0 aromatic carbocycles. The van der Waals surface area contributed by atoms with Gasteiger partial charge >= 0.3 is 12.0 Å². The molecule has 1 rings (SSSR count). The van der Waals surface area contributed by atoms with Crippen molar-refractivity contribution in [3.05, 3.63) is 0 Å². The summed E-state index contributed by atoms with van der Waals surface area (Å²) < 4.78 is 0. The maximum absolute atomic E-state index is 11.7. The summed E-state index contributed by atoms with van der Waals surface area (Å²) in [6, 6.07) is -0.436. The molecule has 2 unspecified atom stereocenters. The van der Waals surface area contributed by atoms with Gasteiger partial charge in [0.25, 0.3) is 0 Å². The number of aliphatic carboxylic acids is 1. The molecule has 2 atom stereocenters. The Bertz CT molecular complexity index is 335. The second-order valence-electron chi connectivity index (χ2n) is 4.37. The van der Waals surface area contributed by atoms with E-state index in [1.54, 1.807) is 11.8 Å². The van der Waals surface area contributed by atoms with E-state index in [1.807, 2.05) is 0 Å². The second-order valence-corrected chi connectivity index (χ2v) is 4.37. The summed E-state index contributed by atoms with van der Waals surface area (Å²) in [5.41, 5.74) is 0. The van der Waals surface area contributed by atoms with Crippen LogP contribution >= 0.6 is 0 Å². The van der Waals surface area contributed by atoms with E-state index in [0.717, 1.165) is 6.42 Å². The first-order valence-electron chi connectivity index (χ1n) is 5.76. The molecule has 0 aromatic rings. The van der Waals surface area contributed by atoms with Crippen molar-refractivity contribution in [2.45, 2.75) is 32.2 Å². The largest absolute Gasteiger partial charge is 0.481 e. The van der Waals surface area contributed by atoms with Crippen LogP contribution in [0.3, 0.4) is 0 Å². The minimum absolute atomic E-state index is 0.159. The Kier molecular flexibility index (Phi) is 4.83. The summed E-state index contributed by atoms with van der Waals surface area (Å²) in [6.45, 7) is 3.04. The van der Waals surface area contributed by atoms with Gasteiger partial charge in [0.2, 0.25) is 0 Å². The summed E-state index contributed by atoms with van der Waals surface area (Å²) in [4.78, 5) is 23.8. The zero-order valence-corrected chi connectivity index (χ0v) is 9.98. The molecule has 1 heterocycles. The lowest BCUT2D eigenvalue weighted by atomic mass is 10.0. The van der Waals surface area contributed by atoms with Crippen LogP contribution in [-0.2, 0) is 4.79 Å². The summed E-state index contributed by atoms with van der Waals surface area (Å²) in [5, 5.41) is 11.3. The molecule has 1 aliphatic rings. The van der Waals surface area contributed by atoms with E-state index < -0.39 is 5.97 Å². The number of terminal acetylenes is 1. The smallest absolute Gasteiger partial charge is 0.318 e. The van der Waals surface area contributed by atoms with Gasteiger partial charge in [0, 0.05) is 19.5 Å². The molecule has 5 heteroatoms. The van der Waals surface area contributed by atoms with E-state index in [4.69, 9.17) is 11.5 Å². The quantitative estimate of drug-likeness (QED) is 0.715. The molecule has 0 radical (unpaired) electrons. The Labute approximate surface area is 101 Å². The van der Waals surface area contributed by atoms with Gasteiger partial charge in [-0.1, -0.05) is 5.92 Å². The number of carboxylic acids is 1. The molecular weight excluding hydrogens is 220 g/mol. The van der Waals surface area contributed by atoms with Crippen molar-refractivity contribution < 1.29 is 14.7 Å². The lowest BCUT2D eigenvalue weighted by molar-refractivity contribution is -0.137. The monoisotopic (exact) mass is 238 g/mol. The Morgan fingerprint density at radius 3 is 2.94 bits per heavy atom. The van der Waals surface area contributed by atoms with Gasteiger partial charge in [-0.2, -0.15) is 0 Å². The number of amides is 2. The van der Waals surface area contributed by atoms with Crippen LogP contribution in [0.5, 0.6) is 0 Å². The predicted molar refractivity (Wildman–Crippen MR) is 63.4 cm³/mol. The zero-order valence-electron chi connectivity index (χ0n) is 9.98. The Hall–Kier alpha value is -1.70. The van der Waals surface area contributed by atoms with Crippen molar-refractivity contribution in [2.24, 2.45) is 5.92 Å². The van der Waals surface area contributed by atoms with Crippen molar-refractivity contribution in [2.75, 3.05) is 13.1 Å². The molecule has 5 nitrogen and oxygen atoms in total. The standard InChI is InChI=1S/C12H18N2O3/c1-3-9(2)13-12(17)14-7-6-10(8-14)4-5-11(15)16/h1,9-10H,4-8H2,2H3,(H,13,17)(H,15,16). The normalized spacial score (nSPS) is 20.7. The third-order valence-electron chi connectivity index (χ3n) is 2.93. The van der Waals surface area contributed by atoms with Crippen LogP contribution < -0.4 is 5.32 Å². The number of carbonyl (C=O) groups is 2. The maximum Gasteiger partial charge on any atom is 0.318 e. The van der Waals surface area contributed by atoms with E-state index in [2.05, 4.69) is 11.2 Å². The number of nitrogens with zero attached hydrogens (tertiary/aromatic N) is 1. The fourth-order valence-corrected chi connectivity index (χ4v) is 1.90. The zero-order chi connectivity index (χ0) is 12.8. The first-order chi connectivity index (χ1) is 8.02. The number of hydrogen-bond acceptors (Lipinski definition) is 2. The van der Waals surface area contributed by atoms with Crippen LogP contribution in [-0.4, -0.2) is 41.1 Å². The Balaban J connectivity index is 2.32. The van der Waals surface area contributed by atoms with Gasteiger partial charge in [-0.15, -0.1) is 6.42 Å². The van der Waals surface area contributed by atoms with Crippen LogP contribution in [0.2, 0.25) is 0 Å². The lowest BCUT2D eigenvalue weighted by Crippen LogP contribution is -2.42. The van der Waals surface area contributed by atoms with Crippen molar-refractivity contribution >= 4 is 12.0 Å². The molecule has 17 heavy (non-hydrogen) atoms. The van der Waals surface area contributed by atoms with Gasteiger partial charge in [0.15, 0.2) is 0 Å². The summed E-state index contributed by atoms with van der Waals surface area (Å²) >= 11 is 0. The molecule has 1 aliphatic heterocycles. The van der Waals surface area contributed by atoms with Crippen molar-refractivity contribution in [3.63, 3.8) is 0 Å². The highest BCUT2D eigenvalue weighted by Gasteiger charge is 2.26. The molecule has 0 aromatic heterocycles. The lowest BCUT2D eigenvalue weighted by Gasteiger charge is -2.18. The van der Waals surface area contributed by atoms with Crippen molar-refractivity contribution in [3.8, 4) is 12.3 Å². The summed E-state index contributed by atoms with van der Waals surface area (Å²) in [6.07, 6.45) is 6.84. The predicted octanol–water partition coefficient (Wildman–Crippen LogP) is 0.904. The van der Waals surface area contributed by atoms with Crippen LogP contribution in [0.1, 0.15) is 26.2 Å². The fourth-order valence-electron chi connectivity index (χ4n) is 1.90. The molecule has 1 fully saturated rings. The summed E-state index contributed by atoms with van der Waals surface area (Å²) in [7, 11) is 0. The summed E-state index contributed by atoms with van der Waals surface area (Å²) in [5.74, 6) is 1.94. The van der Waals surface area contributed by atoms with Crippen molar-refractivity contribution in [1.82, 2.24) is 10.2 Å². The second kappa shape index (κ2) is 6.14. The first-order valence-corrected chi connectivity index (χ1v) is 5.76. The maximum atomic E-state index is 11.7. The van der Waals surface area contributed by atoms with Gasteiger partial charge in [0.1, 0.15) is 0 Å². The first kappa shape index (κ1) is 13.4. The van der Waals surface area contributed by atoms with Gasteiger partial charge < -0.3 is 15.3 Å². The van der Waals surface area contributed by atoms with Gasteiger partial charge in [-0.05, 0) is 25.7 Å². The highest BCUT2D eigenvalue weighted by Crippen LogP contribution is 2.20. The van der Waals surface area contributed by atoms with E-state index in [0.29, 0.717) is 19.5 Å². The fraction of sp³-hybridized carbons (Fsp3) is 0.667.